The van der Waals surface area contributed by atoms with Crippen molar-refractivity contribution in [3.05, 3.63) is 24.3 Å². The number of hydrogen-bond donors (Lipinski definition) is 1. The van der Waals surface area contributed by atoms with Crippen LogP contribution in [0.1, 0.15) is 12.8 Å². The summed E-state index contributed by atoms with van der Waals surface area (Å²) in [5.74, 6) is 0.351. The van der Waals surface area contributed by atoms with Gasteiger partial charge in [-0.25, -0.2) is 8.42 Å². The van der Waals surface area contributed by atoms with Crippen molar-refractivity contribution in [3.63, 3.8) is 0 Å². The summed E-state index contributed by atoms with van der Waals surface area (Å²) in [5.41, 5.74) is 6.02. The molecule has 0 atom stereocenters. The van der Waals surface area contributed by atoms with Crippen LogP contribution in [-0.4, -0.2) is 49.7 Å². The molecule has 1 saturated carbocycles. The van der Waals surface area contributed by atoms with Crippen molar-refractivity contribution < 1.29 is 13.2 Å². The van der Waals surface area contributed by atoms with E-state index in [-0.39, 0.29) is 22.4 Å². The number of amides is 1. The molecule has 21 heavy (non-hydrogen) atoms. The van der Waals surface area contributed by atoms with E-state index < -0.39 is 10.0 Å². The lowest BCUT2D eigenvalue weighted by Gasteiger charge is -2.34. The molecule has 1 aliphatic heterocycles. The van der Waals surface area contributed by atoms with Gasteiger partial charge in [0, 0.05) is 32.1 Å². The topological polar surface area (TPSA) is 83.7 Å². The van der Waals surface area contributed by atoms with Crippen LogP contribution in [0.2, 0.25) is 0 Å². The third-order valence-electron chi connectivity index (χ3n) is 4.01. The second-order valence-corrected chi connectivity index (χ2v) is 7.45. The fraction of sp³-hybridized carbons (Fsp3) is 0.500. The average molecular weight is 309 g/mol. The van der Waals surface area contributed by atoms with Gasteiger partial charge in [-0.3, -0.25) is 4.79 Å². The van der Waals surface area contributed by atoms with E-state index in [0.717, 1.165) is 12.8 Å². The summed E-state index contributed by atoms with van der Waals surface area (Å²) in [7, 11) is -3.58. The van der Waals surface area contributed by atoms with E-state index in [9.17, 15) is 13.2 Å². The van der Waals surface area contributed by atoms with Gasteiger partial charge in [0.1, 0.15) is 4.90 Å². The minimum Gasteiger partial charge on any atom is -0.398 e. The van der Waals surface area contributed by atoms with Crippen LogP contribution >= 0.6 is 0 Å². The van der Waals surface area contributed by atoms with E-state index in [1.54, 1.807) is 23.1 Å². The maximum absolute atomic E-state index is 12.6. The predicted octanol–water partition coefficient (Wildman–Crippen LogP) is 0.512. The molecular weight excluding hydrogens is 290 g/mol. The first-order chi connectivity index (χ1) is 10.00. The van der Waals surface area contributed by atoms with Crippen molar-refractivity contribution >= 4 is 21.6 Å². The lowest BCUT2D eigenvalue weighted by molar-refractivity contribution is -0.133. The van der Waals surface area contributed by atoms with Crippen LogP contribution in [0, 0.1) is 5.92 Å². The molecule has 114 valence electrons. The molecule has 2 aliphatic rings. The second kappa shape index (κ2) is 5.31. The van der Waals surface area contributed by atoms with Crippen molar-refractivity contribution in [2.45, 2.75) is 17.7 Å². The fourth-order valence-corrected chi connectivity index (χ4v) is 4.13. The van der Waals surface area contributed by atoms with Gasteiger partial charge in [0.2, 0.25) is 15.9 Å². The summed E-state index contributed by atoms with van der Waals surface area (Å²) in [6, 6.07) is 6.48. The number of anilines is 1. The summed E-state index contributed by atoms with van der Waals surface area (Å²) < 4.78 is 26.6. The zero-order valence-electron chi connectivity index (χ0n) is 11.7. The Hall–Kier alpha value is -1.60. The number of hydrogen-bond acceptors (Lipinski definition) is 4. The lowest BCUT2D eigenvalue weighted by atomic mass is 10.3. The van der Waals surface area contributed by atoms with Gasteiger partial charge in [-0.2, -0.15) is 4.31 Å². The van der Waals surface area contributed by atoms with Gasteiger partial charge in [-0.05, 0) is 25.0 Å². The van der Waals surface area contributed by atoms with Gasteiger partial charge in [0.15, 0.2) is 0 Å². The monoisotopic (exact) mass is 309 g/mol. The molecule has 1 aromatic rings. The second-order valence-electron chi connectivity index (χ2n) is 5.54. The van der Waals surface area contributed by atoms with Crippen molar-refractivity contribution in [1.29, 1.82) is 0 Å². The number of carbonyl (C=O) groups excluding carboxylic acids is 1. The summed E-state index contributed by atoms with van der Waals surface area (Å²) >= 11 is 0. The molecule has 1 aromatic carbocycles. The number of para-hydroxylation sites is 1. The fourth-order valence-electron chi connectivity index (χ4n) is 2.59. The molecule has 1 saturated heterocycles. The molecule has 1 amide bonds. The number of piperazine rings is 1. The largest absolute Gasteiger partial charge is 0.398 e. The number of nitrogen functional groups attached to an aromatic ring is 1. The van der Waals surface area contributed by atoms with Crippen LogP contribution in [0.5, 0.6) is 0 Å². The van der Waals surface area contributed by atoms with Crippen LogP contribution in [-0.2, 0) is 14.8 Å². The first-order valence-electron chi connectivity index (χ1n) is 7.13. The molecule has 3 rings (SSSR count). The Morgan fingerprint density at radius 2 is 1.71 bits per heavy atom. The van der Waals surface area contributed by atoms with E-state index in [1.165, 1.54) is 10.4 Å². The maximum atomic E-state index is 12.6. The highest BCUT2D eigenvalue weighted by Gasteiger charge is 2.36. The molecule has 7 heteroatoms. The Labute approximate surface area is 124 Å². The number of nitrogens with two attached hydrogens (primary N) is 1. The Morgan fingerprint density at radius 3 is 2.29 bits per heavy atom. The third-order valence-corrected chi connectivity index (χ3v) is 5.99. The number of sulfonamides is 1. The summed E-state index contributed by atoms with van der Waals surface area (Å²) in [4.78, 5) is 13.9. The van der Waals surface area contributed by atoms with Crippen molar-refractivity contribution in [3.8, 4) is 0 Å². The molecule has 0 spiro atoms. The molecule has 2 N–H and O–H groups in total. The molecule has 6 nitrogen and oxygen atoms in total. The SMILES string of the molecule is Nc1ccccc1S(=O)(=O)N1CCN(C(=O)C2CC2)CC1. The molecule has 0 aromatic heterocycles. The van der Waals surface area contributed by atoms with Crippen molar-refractivity contribution in [1.82, 2.24) is 9.21 Å². The van der Waals surface area contributed by atoms with Crippen LogP contribution < -0.4 is 5.73 Å². The Bertz CT molecular complexity index is 647. The van der Waals surface area contributed by atoms with Crippen LogP contribution in [0.3, 0.4) is 0 Å². The number of carbonyl (C=O) groups is 1. The minimum absolute atomic E-state index is 0.145. The van der Waals surface area contributed by atoms with Crippen molar-refractivity contribution in [2.75, 3.05) is 31.9 Å². The lowest BCUT2D eigenvalue weighted by Crippen LogP contribution is -2.50. The smallest absolute Gasteiger partial charge is 0.245 e. The normalized spacial score (nSPS) is 20.5. The molecule has 2 fully saturated rings. The summed E-state index contributed by atoms with van der Waals surface area (Å²) in [6.07, 6.45) is 1.94. The molecule has 0 bridgehead atoms. The molecule has 1 aliphatic carbocycles. The Morgan fingerprint density at radius 1 is 1.10 bits per heavy atom. The zero-order chi connectivity index (χ0) is 15.0. The molecular formula is C14H19N3O3S. The molecule has 0 unspecified atom stereocenters. The standard InChI is InChI=1S/C14H19N3O3S/c15-12-3-1-2-4-13(12)21(19,20)17-9-7-16(8-10-17)14(18)11-5-6-11/h1-4,11H,5-10,15H2. The van der Waals surface area contributed by atoms with E-state index in [0.29, 0.717) is 26.2 Å². The van der Waals surface area contributed by atoms with Gasteiger partial charge in [0.05, 0.1) is 5.69 Å². The number of nitrogens with zero attached hydrogens (tertiary/aromatic N) is 2. The van der Waals surface area contributed by atoms with Gasteiger partial charge in [-0.15, -0.1) is 0 Å². The van der Waals surface area contributed by atoms with Crippen LogP contribution in [0.4, 0.5) is 5.69 Å². The van der Waals surface area contributed by atoms with Gasteiger partial charge >= 0.3 is 0 Å². The van der Waals surface area contributed by atoms with Crippen LogP contribution in [0.15, 0.2) is 29.2 Å². The number of benzene rings is 1. The van der Waals surface area contributed by atoms with E-state index >= 15 is 0 Å². The third kappa shape index (κ3) is 2.75. The maximum Gasteiger partial charge on any atom is 0.245 e. The highest BCUT2D eigenvalue weighted by Crippen LogP contribution is 2.31. The van der Waals surface area contributed by atoms with Gasteiger partial charge < -0.3 is 10.6 Å². The van der Waals surface area contributed by atoms with E-state index in [4.69, 9.17) is 5.73 Å². The first kappa shape index (κ1) is 14.3. The molecule has 1 heterocycles. The predicted molar refractivity (Wildman–Crippen MR) is 78.9 cm³/mol. The quantitative estimate of drug-likeness (QED) is 0.825. The summed E-state index contributed by atoms with van der Waals surface area (Å²) in [5, 5.41) is 0. The Kier molecular flexibility index (Phi) is 3.62. The van der Waals surface area contributed by atoms with Crippen molar-refractivity contribution in [2.24, 2.45) is 5.92 Å². The van der Waals surface area contributed by atoms with Crippen LogP contribution in [0.25, 0.3) is 0 Å². The van der Waals surface area contributed by atoms with Gasteiger partial charge in [0.25, 0.3) is 0 Å². The number of rotatable bonds is 3. The minimum atomic E-state index is -3.58. The highest BCUT2D eigenvalue weighted by molar-refractivity contribution is 7.89. The highest BCUT2D eigenvalue weighted by atomic mass is 32.2. The zero-order valence-corrected chi connectivity index (χ0v) is 12.6. The first-order valence-corrected chi connectivity index (χ1v) is 8.57. The van der Waals surface area contributed by atoms with Gasteiger partial charge in [-0.1, -0.05) is 12.1 Å². The Balaban J connectivity index is 1.71. The van der Waals surface area contributed by atoms with E-state index in [1.807, 2.05) is 0 Å². The molecule has 0 radical (unpaired) electrons. The summed E-state index contributed by atoms with van der Waals surface area (Å²) in [6.45, 7) is 1.58. The van der Waals surface area contributed by atoms with E-state index in [2.05, 4.69) is 0 Å². The average Bonchev–Trinajstić information content (AvgIpc) is 3.31.